The van der Waals surface area contributed by atoms with Gasteiger partial charge in [-0.15, -0.1) is 0 Å². The quantitative estimate of drug-likeness (QED) is 0.648. The Labute approximate surface area is 117 Å². The second-order valence-corrected chi connectivity index (χ2v) is 4.32. The van der Waals surface area contributed by atoms with Crippen LogP contribution in [0.25, 0.3) is 0 Å². The number of aryl methyl sites for hydroxylation is 1. The number of carboxylic acids is 1. The lowest BCUT2D eigenvalue weighted by Crippen LogP contribution is -2.41. The summed E-state index contributed by atoms with van der Waals surface area (Å²) in [5.41, 5.74) is 0.968. The van der Waals surface area contributed by atoms with Gasteiger partial charge in [0.15, 0.2) is 0 Å². The monoisotopic (exact) mass is 281 g/mol. The van der Waals surface area contributed by atoms with Crippen molar-refractivity contribution < 1.29 is 24.5 Å². The van der Waals surface area contributed by atoms with Crippen molar-refractivity contribution in [3.8, 4) is 5.75 Å². The molecule has 0 heterocycles. The molecule has 0 fully saturated rings. The summed E-state index contributed by atoms with van der Waals surface area (Å²) in [5, 5.41) is 20.0. The van der Waals surface area contributed by atoms with Crippen LogP contribution in [-0.4, -0.2) is 41.8 Å². The molecule has 0 aromatic heterocycles. The predicted octanol–water partition coefficient (Wildman–Crippen LogP) is 0.580. The number of ether oxygens (including phenoxy) is 1. The van der Waals surface area contributed by atoms with Crippen molar-refractivity contribution in [1.29, 1.82) is 0 Å². The Balaban J connectivity index is 2.43. The van der Waals surface area contributed by atoms with E-state index in [1.54, 1.807) is 19.2 Å². The Kier molecular flexibility index (Phi) is 6.52. The van der Waals surface area contributed by atoms with Gasteiger partial charge in [-0.1, -0.05) is 12.1 Å². The maximum absolute atomic E-state index is 11.6. The van der Waals surface area contributed by atoms with E-state index >= 15 is 0 Å². The van der Waals surface area contributed by atoms with Gasteiger partial charge in [-0.2, -0.15) is 0 Å². The molecule has 1 aromatic carbocycles. The third-order valence-electron chi connectivity index (χ3n) is 2.85. The zero-order valence-electron chi connectivity index (χ0n) is 11.3. The fourth-order valence-electron chi connectivity index (χ4n) is 1.70. The standard InChI is InChI=1S/C14H19NO5/c1-20-11-5-2-10(3-6-11)4-7-13(17)15-12(8-9-16)14(18)19/h2-3,5-6,12,16H,4,7-9H2,1H3,(H,15,17)(H,18,19)/t12-/m1/s1. The average Bonchev–Trinajstić information content (AvgIpc) is 2.45. The number of carbonyl (C=O) groups excluding carboxylic acids is 1. The van der Waals surface area contributed by atoms with Gasteiger partial charge in [-0.25, -0.2) is 4.79 Å². The maximum Gasteiger partial charge on any atom is 0.326 e. The molecule has 1 rings (SSSR count). The van der Waals surface area contributed by atoms with Crippen LogP contribution in [-0.2, 0) is 16.0 Å². The van der Waals surface area contributed by atoms with Crippen molar-refractivity contribution in [2.45, 2.75) is 25.3 Å². The third kappa shape index (κ3) is 5.27. The Hall–Kier alpha value is -2.08. The third-order valence-corrected chi connectivity index (χ3v) is 2.85. The van der Waals surface area contributed by atoms with Gasteiger partial charge < -0.3 is 20.3 Å². The number of nitrogens with one attached hydrogen (secondary N) is 1. The normalized spacial score (nSPS) is 11.7. The van der Waals surface area contributed by atoms with E-state index in [2.05, 4.69) is 5.32 Å². The molecule has 0 radical (unpaired) electrons. The van der Waals surface area contributed by atoms with Crippen molar-refractivity contribution in [3.63, 3.8) is 0 Å². The molecule has 0 aliphatic heterocycles. The first-order valence-corrected chi connectivity index (χ1v) is 6.32. The molecule has 0 bridgehead atoms. The number of aliphatic hydroxyl groups excluding tert-OH is 1. The molecule has 0 spiro atoms. The van der Waals surface area contributed by atoms with Crippen LogP contribution < -0.4 is 10.1 Å². The van der Waals surface area contributed by atoms with Crippen molar-refractivity contribution in [3.05, 3.63) is 29.8 Å². The van der Waals surface area contributed by atoms with E-state index in [1.165, 1.54) is 0 Å². The lowest BCUT2D eigenvalue weighted by atomic mass is 10.1. The molecule has 0 aliphatic rings. The van der Waals surface area contributed by atoms with Crippen molar-refractivity contribution in [2.75, 3.05) is 13.7 Å². The van der Waals surface area contributed by atoms with Gasteiger partial charge in [0.1, 0.15) is 11.8 Å². The van der Waals surface area contributed by atoms with Crippen LogP contribution in [0.15, 0.2) is 24.3 Å². The molecular formula is C14H19NO5. The Morgan fingerprint density at radius 3 is 2.45 bits per heavy atom. The number of methoxy groups -OCH3 is 1. The van der Waals surface area contributed by atoms with Crippen LogP contribution in [0.2, 0.25) is 0 Å². The van der Waals surface area contributed by atoms with Crippen molar-refractivity contribution >= 4 is 11.9 Å². The second kappa shape index (κ2) is 8.16. The summed E-state index contributed by atoms with van der Waals surface area (Å²) in [4.78, 5) is 22.5. The lowest BCUT2D eigenvalue weighted by Gasteiger charge is -2.13. The largest absolute Gasteiger partial charge is 0.497 e. The van der Waals surface area contributed by atoms with Gasteiger partial charge >= 0.3 is 5.97 Å². The van der Waals surface area contributed by atoms with Gasteiger partial charge in [0, 0.05) is 19.4 Å². The fraction of sp³-hybridized carbons (Fsp3) is 0.429. The van der Waals surface area contributed by atoms with Crippen molar-refractivity contribution in [1.82, 2.24) is 5.32 Å². The van der Waals surface area contributed by atoms with Crippen LogP contribution in [0, 0.1) is 0 Å². The van der Waals surface area contributed by atoms with Crippen LogP contribution in [0.3, 0.4) is 0 Å². The number of carboxylic acid groups (broad SMARTS) is 1. The van der Waals surface area contributed by atoms with Gasteiger partial charge in [-0.05, 0) is 24.1 Å². The molecule has 6 nitrogen and oxygen atoms in total. The molecule has 0 aliphatic carbocycles. The first-order valence-electron chi connectivity index (χ1n) is 6.32. The summed E-state index contributed by atoms with van der Waals surface area (Å²) in [5.74, 6) is -0.745. The number of rotatable bonds is 8. The maximum atomic E-state index is 11.6. The zero-order valence-corrected chi connectivity index (χ0v) is 11.3. The summed E-state index contributed by atoms with van der Waals surface area (Å²) >= 11 is 0. The van der Waals surface area contributed by atoms with E-state index in [-0.39, 0.29) is 25.4 Å². The topological polar surface area (TPSA) is 95.9 Å². The molecule has 6 heteroatoms. The second-order valence-electron chi connectivity index (χ2n) is 4.32. The summed E-state index contributed by atoms with van der Waals surface area (Å²) < 4.78 is 5.03. The first-order chi connectivity index (χ1) is 9.56. The molecule has 0 unspecified atom stereocenters. The molecule has 1 aromatic rings. The van der Waals surface area contributed by atoms with Crippen LogP contribution >= 0.6 is 0 Å². The van der Waals surface area contributed by atoms with Crippen molar-refractivity contribution in [2.24, 2.45) is 0 Å². The highest BCUT2D eigenvalue weighted by atomic mass is 16.5. The van der Waals surface area contributed by atoms with Crippen LogP contribution in [0.4, 0.5) is 0 Å². The van der Waals surface area contributed by atoms with E-state index in [1.807, 2.05) is 12.1 Å². The summed E-state index contributed by atoms with van der Waals surface area (Å²) in [7, 11) is 1.58. The minimum Gasteiger partial charge on any atom is -0.497 e. The highest BCUT2D eigenvalue weighted by Gasteiger charge is 2.18. The number of aliphatic carboxylic acids is 1. The molecule has 0 saturated heterocycles. The SMILES string of the molecule is COc1ccc(CCC(=O)N[C@H](CCO)C(=O)O)cc1. The number of hydrogen-bond donors (Lipinski definition) is 3. The van der Waals surface area contributed by atoms with Crippen LogP contribution in [0.1, 0.15) is 18.4 Å². The molecule has 1 atom stereocenters. The summed E-state index contributed by atoms with van der Waals surface area (Å²) in [6, 6.07) is 6.28. The molecule has 0 saturated carbocycles. The molecule has 110 valence electrons. The van der Waals surface area contributed by atoms with E-state index in [0.29, 0.717) is 6.42 Å². The van der Waals surface area contributed by atoms with Gasteiger partial charge in [0.25, 0.3) is 0 Å². The highest BCUT2D eigenvalue weighted by Crippen LogP contribution is 2.12. The zero-order chi connectivity index (χ0) is 15.0. The number of carbonyl (C=O) groups is 2. The van der Waals surface area contributed by atoms with Gasteiger partial charge in [0.05, 0.1) is 7.11 Å². The van der Waals surface area contributed by atoms with Gasteiger partial charge in [0.2, 0.25) is 5.91 Å². The lowest BCUT2D eigenvalue weighted by molar-refractivity contribution is -0.142. The average molecular weight is 281 g/mol. The summed E-state index contributed by atoms with van der Waals surface area (Å²) in [6.07, 6.45) is 0.715. The van der Waals surface area contributed by atoms with E-state index in [4.69, 9.17) is 14.9 Å². The number of aliphatic hydroxyl groups is 1. The predicted molar refractivity (Wildman–Crippen MR) is 72.6 cm³/mol. The summed E-state index contributed by atoms with van der Waals surface area (Å²) in [6.45, 7) is -0.282. The molecular weight excluding hydrogens is 262 g/mol. The molecule has 20 heavy (non-hydrogen) atoms. The van der Waals surface area contributed by atoms with E-state index < -0.39 is 12.0 Å². The number of hydrogen-bond acceptors (Lipinski definition) is 4. The minimum absolute atomic E-state index is 0.00358. The highest BCUT2D eigenvalue weighted by molar-refractivity contribution is 5.83. The minimum atomic E-state index is -1.14. The number of benzene rings is 1. The fourth-order valence-corrected chi connectivity index (χ4v) is 1.70. The smallest absolute Gasteiger partial charge is 0.326 e. The number of amides is 1. The first kappa shape index (κ1) is 16.0. The Morgan fingerprint density at radius 2 is 1.95 bits per heavy atom. The van der Waals surface area contributed by atoms with Crippen LogP contribution in [0.5, 0.6) is 5.75 Å². The molecule has 1 amide bonds. The van der Waals surface area contributed by atoms with Gasteiger partial charge in [-0.3, -0.25) is 4.79 Å². The van der Waals surface area contributed by atoms with E-state index in [0.717, 1.165) is 11.3 Å². The Morgan fingerprint density at radius 1 is 1.30 bits per heavy atom. The van der Waals surface area contributed by atoms with E-state index in [9.17, 15) is 9.59 Å². The Bertz CT molecular complexity index is 443. The molecule has 3 N–H and O–H groups in total.